The minimum absolute atomic E-state index is 0.210. The molecule has 1 fully saturated rings. The summed E-state index contributed by atoms with van der Waals surface area (Å²) in [6.07, 6.45) is 10.7. The molecule has 1 unspecified atom stereocenters. The van der Waals surface area contributed by atoms with Crippen molar-refractivity contribution in [2.24, 2.45) is 0 Å². The van der Waals surface area contributed by atoms with Crippen LogP contribution >= 0.6 is 0 Å². The first-order valence-electron chi connectivity index (χ1n) is 6.92. The summed E-state index contributed by atoms with van der Waals surface area (Å²) in [5.41, 5.74) is 1.26. The SMILES string of the molecule is O=C1OC(CO)CN1C1=COC=C(CC2=CC=CCC2)O1. The first-order chi connectivity index (χ1) is 10.3. The van der Waals surface area contributed by atoms with Crippen LogP contribution in [0.4, 0.5) is 4.79 Å². The minimum atomic E-state index is -0.537. The maximum Gasteiger partial charge on any atom is 0.417 e. The molecule has 0 radical (unpaired) electrons. The third-order valence-corrected chi connectivity index (χ3v) is 3.45. The molecule has 0 saturated carbocycles. The summed E-state index contributed by atoms with van der Waals surface area (Å²) < 4.78 is 16.0. The van der Waals surface area contributed by atoms with E-state index in [2.05, 4.69) is 12.2 Å². The number of carbonyl (C=O) groups is 1. The third kappa shape index (κ3) is 3.11. The van der Waals surface area contributed by atoms with E-state index in [1.165, 1.54) is 23.0 Å². The molecule has 1 amide bonds. The maximum atomic E-state index is 11.7. The van der Waals surface area contributed by atoms with Crippen molar-refractivity contribution in [1.29, 1.82) is 0 Å². The molecule has 0 bridgehead atoms. The molecule has 6 nitrogen and oxygen atoms in total. The second kappa shape index (κ2) is 6.05. The molecule has 1 aliphatic carbocycles. The largest absolute Gasteiger partial charge is 0.464 e. The average molecular weight is 291 g/mol. The van der Waals surface area contributed by atoms with Crippen LogP contribution in [0.5, 0.6) is 0 Å². The Bertz CT molecular complexity index is 546. The Morgan fingerprint density at radius 1 is 1.38 bits per heavy atom. The van der Waals surface area contributed by atoms with Crippen LogP contribution in [-0.2, 0) is 14.2 Å². The minimum Gasteiger partial charge on any atom is -0.464 e. The highest BCUT2D eigenvalue weighted by atomic mass is 16.6. The number of hydrogen-bond acceptors (Lipinski definition) is 5. The fourth-order valence-corrected chi connectivity index (χ4v) is 2.37. The molecule has 1 saturated heterocycles. The molecule has 2 aliphatic heterocycles. The summed E-state index contributed by atoms with van der Waals surface area (Å²) >= 11 is 0. The van der Waals surface area contributed by atoms with Gasteiger partial charge in [0, 0.05) is 6.42 Å². The zero-order chi connectivity index (χ0) is 14.7. The zero-order valence-corrected chi connectivity index (χ0v) is 11.5. The summed E-state index contributed by atoms with van der Waals surface area (Å²) in [4.78, 5) is 13.0. The smallest absolute Gasteiger partial charge is 0.417 e. The highest BCUT2D eigenvalue weighted by Crippen LogP contribution is 2.27. The Balaban J connectivity index is 1.62. The molecule has 0 aromatic carbocycles. The van der Waals surface area contributed by atoms with Crippen LogP contribution < -0.4 is 0 Å². The van der Waals surface area contributed by atoms with Gasteiger partial charge in [0.05, 0.1) is 13.2 Å². The van der Waals surface area contributed by atoms with E-state index in [4.69, 9.17) is 19.3 Å². The van der Waals surface area contributed by atoms with Crippen LogP contribution in [0.15, 0.2) is 48.0 Å². The molecule has 21 heavy (non-hydrogen) atoms. The van der Waals surface area contributed by atoms with Crippen molar-refractivity contribution in [3.8, 4) is 0 Å². The number of rotatable bonds is 4. The van der Waals surface area contributed by atoms with E-state index >= 15 is 0 Å². The summed E-state index contributed by atoms with van der Waals surface area (Å²) in [6.45, 7) is 0.0432. The highest BCUT2D eigenvalue weighted by molar-refractivity contribution is 5.71. The molecule has 0 aromatic heterocycles. The Morgan fingerprint density at radius 3 is 3.00 bits per heavy atom. The van der Waals surface area contributed by atoms with Gasteiger partial charge in [0.25, 0.3) is 0 Å². The normalized spacial score (nSPS) is 24.6. The molecule has 1 N–H and O–H groups in total. The van der Waals surface area contributed by atoms with Crippen LogP contribution in [0.1, 0.15) is 19.3 Å². The molecule has 3 rings (SSSR count). The topological polar surface area (TPSA) is 68.2 Å². The Labute approximate surface area is 122 Å². The van der Waals surface area contributed by atoms with Gasteiger partial charge in [-0.05, 0) is 12.8 Å². The van der Waals surface area contributed by atoms with Crippen LogP contribution in [0.2, 0.25) is 0 Å². The molecule has 0 spiro atoms. The number of allylic oxidation sites excluding steroid dienone is 4. The van der Waals surface area contributed by atoms with Crippen LogP contribution in [0, 0.1) is 0 Å². The number of carbonyl (C=O) groups excluding carboxylic acids is 1. The van der Waals surface area contributed by atoms with Crippen molar-refractivity contribution >= 4 is 6.09 Å². The van der Waals surface area contributed by atoms with E-state index in [9.17, 15) is 4.79 Å². The number of cyclic esters (lactones) is 1. The van der Waals surface area contributed by atoms with Gasteiger partial charge in [-0.25, -0.2) is 9.69 Å². The lowest BCUT2D eigenvalue weighted by atomic mass is 10.0. The fraction of sp³-hybridized carbons (Fsp3) is 0.400. The van der Waals surface area contributed by atoms with Gasteiger partial charge >= 0.3 is 6.09 Å². The van der Waals surface area contributed by atoms with Gasteiger partial charge in [-0.2, -0.15) is 0 Å². The van der Waals surface area contributed by atoms with Crippen molar-refractivity contribution in [2.75, 3.05) is 13.2 Å². The van der Waals surface area contributed by atoms with Gasteiger partial charge < -0.3 is 19.3 Å². The summed E-state index contributed by atoms with van der Waals surface area (Å²) in [6, 6.07) is 0. The average Bonchev–Trinajstić information content (AvgIpc) is 2.90. The third-order valence-electron chi connectivity index (χ3n) is 3.45. The zero-order valence-electron chi connectivity index (χ0n) is 11.5. The van der Waals surface area contributed by atoms with E-state index in [1.54, 1.807) is 0 Å². The molecule has 6 heteroatoms. The second-order valence-corrected chi connectivity index (χ2v) is 5.05. The second-order valence-electron chi connectivity index (χ2n) is 5.05. The van der Waals surface area contributed by atoms with E-state index in [-0.39, 0.29) is 13.2 Å². The maximum absolute atomic E-state index is 11.7. The molecule has 112 valence electrons. The molecular formula is C15H17NO5. The van der Waals surface area contributed by atoms with Gasteiger partial charge in [-0.3, -0.25) is 0 Å². The fourth-order valence-electron chi connectivity index (χ4n) is 2.37. The van der Waals surface area contributed by atoms with Gasteiger partial charge in [0.2, 0.25) is 5.88 Å². The van der Waals surface area contributed by atoms with Gasteiger partial charge in [-0.1, -0.05) is 23.8 Å². The lowest BCUT2D eigenvalue weighted by molar-refractivity contribution is 0.0929. The monoisotopic (exact) mass is 291 g/mol. The van der Waals surface area contributed by atoms with Crippen molar-refractivity contribution in [3.05, 3.63) is 48.0 Å². The van der Waals surface area contributed by atoms with E-state index in [0.717, 1.165) is 12.8 Å². The van der Waals surface area contributed by atoms with Crippen LogP contribution in [0.25, 0.3) is 0 Å². The van der Waals surface area contributed by atoms with Crippen molar-refractivity contribution in [3.63, 3.8) is 0 Å². The molecule has 2 heterocycles. The Morgan fingerprint density at radius 2 is 2.29 bits per heavy atom. The number of hydrogen-bond donors (Lipinski definition) is 1. The number of nitrogens with zero attached hydrogens (tertiary/aromatic N) is 1. The van der Waals surface area contributed by atoms with Crippen LogP contribution in [0.3, 0.4) is 0 Å². The number of amides is 1. The van der Waals surface area contributed by atoms with Crippen LogP contribution in [-0.4, -0.2) is 35.4 Å². The number of aliphatic hydroxyl groups is 1. The first kappa shape index (κ1) is 13.8. The first-order valence-corrected chi connectivity index (χ1v) is 6.92. The predicted molar refractivity (Wildman–Crippen MR) is 73.5 cm³/mol. The highest BCUT2D eigenvalue weighted by Gasteiger charge is 2.35. The Hall–Kier alpha value is -2.21. The standard InChI is InChI=1S/C15H17NO5/c17-8-13-7-16(15(18)21-13)14-10-19-9-12(20-14)6-11-4-2-1-3-5-11/h1-2,4,9-10,13,17H,3,5-8H2. The molecular weight excluding hydrogens is 274 g/mol. The lowest BCUT2D eigenvalue weighted by Crippen LogP contribution is -2.27. The summed E-state index contributed by atoms with van der Waals surface area (Å²) in [7, 11) is 0. The summed E-state index contributed by atoms with van der Waals surface area (Å²) in [5.74, 6) is 0.940. The predicted octanol–water partition coefficient (Wildman–Crippen LogP) is 2.15. The van der Waals surface area contributed by atoms with E-state index in [1.807, 2.05) is 6.08 Å². The van der Waals surface area contributed by atoms with Gasteiger partial charge in [0.1, 0.15) is 18.1 Å². The van der Waals surface area contributed by atoms with E-state index < -0.39 is 12.2 Å². The summed E-state index contributed by atoms with van der Waals surface area (Å²) in [5, 5.41) is 9.05. The number of aliphatic hydroxyl groups excluding tert-OH is 1. The number of ether oxygens (including phenoxy) is 3. The van der Waals surface area contributed by atoms with Crippen molar-refractivity contribution in [2.45, 2.75) is 25.4 Å². The van der Waals surface area contributed by atoms with Crippen molar-refractivity contribution < 1.29 is 24.1 Å². The van der Waals surface area contributed by atoms with Crippen molar-refractivity contribution in [1.82, 2.24) is 4.90 Å². The molecule has 3 aliphatic rings. The molecule has 0 aromatic rings. The molecule has 1 atom stereocenters. The quantitative estimate of drug-likeness (QED) is 0.859. The van der Waals surface area contributed by atoms with E-state index in [0.29, 0.717) is 18.1 Å². The Kier molecular flexibility index (Phi) is 3.96. The lowest BCUT2D eigenvalue weighted by Gasteiger charge is -2.22. The van der Waals surface area contributed by atoms with Gasteiger partial charge in [-0.15, -0.1) is 0 Å². The van der Waals surface area contributed by atoms with Gasteiger partial charge in [0.15, 0.2) is 6.26 Å².